The van der Waals surface area contributed by atoms with Crippen molar-refractivity contribution in [2.75, 3.05) is 11.1 Å². The van der Waals surface area contributed by atoms with E-state index in [4.69, 9.17) is 23.1 Å². The average molecular weight is 276 g/mol. The molecule has 5 N–H and O–H groups in total. The summed E-state index contributed by atoms with van der Waals surface area (Å²) in [6.07, 6.45) is 0. The second-order valence-electron chi connectivity index (χ2n) is 4.28. The van der Waals surface area contributed by atoms with Gasteiger partial charge in [-0.15, -0.1) is 0 Å². The number of benzene rings is 2. The zero-order valence-corrected chi connectivity index (χ0v) is 11.2. The molecule has 0 spiro atoms. The highest BCUT2D eigenvalue weighted by Crippen LogP contribution is 2.28. The summed E-state index contributed by atoms with van der Waals surface area (Å²) in [6.45, 7) is 1.95. The van der Waals surface area contributed by atoms with Gasteiger partial charge in [0.1, 0.15) is 0 Å². The summed E-state index contributed by atoms with van der Waals surface area (Å²) in [7, 11) is 0. The van der Waals surface area contributed by atoms with Crippen LogP contribution in [-0.4, -0.2) is 5.91 Å². The maximum Gasteiger partial charge on any atom is 0.250 e. The highest BCUT2D eigenvalue weighted by molar-refractivity contribution is 6.33. The molecule has 0 fully saturated rings. The van der Waals surface area contributed by atoms with Gasteiger partial charge in [-0.2, -0.15) is 0 Å². The molecule has 0 saturated heterocycles. The van der Waals surface area contributed by atoms with E-state index in [1.807, 2.05) is 25.1 Å². The molecule has 0 unspecified atom stereocenters. The van der Waals surface area contributed by atoms with Gasteiger partial charge in [-0.25, -0.2) is 0 Å². The second kappa shape index (κ2) is 5.20. The molecule has 98 valence electrons. The first-order valence-electron chi connectivity index (χ1n) is 5.70. The molecule has 0 heterocycles. The first-order chi connectivity index (χ1) is 8.97. The van der Waals surface area contributed by atoms with E-state index in [0.717, 1.165) is 5.56 Å². The zero-order chi connectivity index (χ0) is 14.0. The molecule has 0 aromatic heterocycles. The van der Waals surface area contributed by atoms with Gasteiger partial charge in [0.2, 0.25) is 0 Å². The van der Waals surface area contributed by atoms with E-state index in [9.17, 15) is 4.79 Å². The fourth-order valence-electron chi connectivity index (χ4n) is 1.74. The van der Waals surface area contributed by atoms with Crippen LogP contribution in [0, 0.1) is 6.92 Å². The number of anilines is 3. The fraction of sp³-hybridized carbons (Fsp3) is 0.0714. The van der Waals surface area contributed by atoms with Crippen molar-refractivity contribution < 1.29 is 4.79 Å². The van der Waals surface area contributed by atoms with Gasteiger partial charge >= 0.3 is 0 Å². The predicted molar refractivity (Wildman–Crippen MR) is 78.8 cm³/mol. The molecule has 1 amide bonds. The Morgan fingerprint density at radius 3 is 2.47 bits per heavy atom. The Morgan fingerprint density at radius 1 is 1.16 bits per heavy atom. The Kier molecular flexibility index (Phi) is 3.62. The van der Waals surface area contributed by atoms with Crippen molar-refractivity contribution >= 4 is 34.6 Å². The third kappa shape index (κ3) is 2.98. The van der Waals surface area contributed by atoms with Crippen molar-refractivity contribution in [1.82, 2.24) is 0 Å². The van der Waals surface area contributed by atoms with E-state index in [1.54, 1.807) is 12.1 Å². The largest absolute Gasteiger partial charge is 0.399 e. The summed E-state index contributed by atoms with van der Waals surface area (Å²) in [5, 5.41) is 3.66. The van der Waals surface area contributed by atoms with Crippen LogP contribution in [0.15, 0.2) is 36.4 Å². The molecule has 0 bridgehead atoms. The van der Waals surface area contributed by atoms with Crippen LogP contribution in [0.5, 0.6) is 0 Å². The molecule has 2 aromatic carbocycles. The van der Waals surface area contributed by atoms with Crippen LogP contribution in [-0.2, 0) is 0 Å². The number of hydrogen-bond donors (Lipinski definition) is 3. The lowest BCUT2D eigenvalue weighted by Crippen LogP contribution is -2.13. The number of halogens is 1. The number of amides is 1. The number of aryl methyl sites for hydroxylation is 1. The van der Waals surface area contributed by atoms with Crippen molar-refractivity contribution in [3.05, 3.63) is 52.5 Å². The lowest BCUT2D eigenvalue weighted by molar-refractivity contribution is 0.100. The van der Waals surface area contributed by atoms with Crippen LogP contribution >= 0.6 is 11.6 Å². The van der Waals surface area contributed by atoms with Crippen LogP contribution in [0.25, 0.3) is 0 Å². The first kappa shape index (κ1) is 13.2. The highest BCUT2D eigenvalue weighted by atomic mass is 35.5. The van der Waals surface area contributed by atoms with Crippen molar-refractivity contribution in [1.29, 1.82) is 0 Å². The van der Waals surface area contributed by atoms with Gasteiger partial charge in [-0.1, -0.05) is 17.7 Å². The lowest BCUT2D eigenvalue weighted by atomic mass is 10.1. The Labute approximate surface area is 116 Å². The van der Waals surface area contributed by atoms with Crippen molar-refractivity contribution in [3.63, 3.8) is 0 Å². The molecule has 0 radical (unpaired) electrons. The topological polar surface area (TPSA) is 81.1 Å². The smallest absolute Gasteiger partial charge is 0.250 e. The van der Waals surface area contributed by atoms with Gasteiger partial charge in [0.25, 0.3) is 5.91 Å². The number of primary amides is 1. The number of rotatable bonds is 3. The van der Waals surface area contributed by atoms with Gasteiger partial charge in [0.15, 0.2) is 0 Å². The van der Waals surface area contributed by atoms with E-state index < -0.39 is 5.91 Å². The van der Waals surface area contributed by atoms with Crippen molar-refractivity contribution in [2.45, 2.75) is 6.92 Å². The lowest BCUT2D eigenvalue weighted by Gasteiger charge is -2.12. The van der Waals surface area contributed by atoms with Gasteiger partial charge in [-0.3, -0.25) is 4.79 Å². The molecule has 19 heavy (non-hydrogen) atoms. The van der Waals surface area contributed by atoms with Gasteiger partial charge in [-0.05, 0) is 42.8 Å². The maximum absolute atomic E-state index is 11.4. The molecule has 0 atom stereocenters. The number of carbonyl (C=O) groups is 1. The minimum absolute atomic E-state index is 0.330. The van der Waals surface area contributed by atoms with Crippen molar-refractivity contribution in [2.24, 2.45) is 5.73 Å². The van der Waals surface area contributed by atoms with E-state index in [1.165, 1.54) is 6.07 Å². The maximum atomic E-state index is 11.4. The number of nitrogens with two attached hydrogens (primary N) is 2. The molecule has 4 nitrogen and oxygen atoms in total. The summed E-state index contributed by atoms with van der Waals surface area (Å²) in [5.74, 6) is -0.543. The molecule has 0 aliphatic rings. The molecule has 2 rings (SSSR count). The van der Waals surface area contributed by atoms with Crippen LogP contribution in [0.3, 0.4) is 0 Å². The number of nitrogens with one attached hydrogen (secondary N) is 1. The van der Waals surface area contributed by atoms with E-state index in [0.29, 0.717) is 27.6 Å². The summed E-state index contributed by atoms with van der Waals surface area (Å²) in [5.41, 5.74) is 14.1. The van der Waals surface area contributed by atoms with Gasteiger partial charge < -0.3 is 16.8 Å². The summed E-state index contributed by atoms with van der Waals surface area (Å²) in [4.78, 5) is 11.4. The molecular formula is C14H14ClN3O. The molecule has 0 aliphatic carbocycles. The Balaban J connectivity index is 2.40. The Bertz CT molecular complexity index is 641. The normalized spacial score (nSPS) is 10.2. The van der Waals surface area contributed by atoms with Gasteiger partial charge in [0, 0.05) is 5.69 Å². The molecular weight excluding hydrogens is 262 g/mol. The Hall–Kier alpha value is -2.20. The first-order valence-corrected chi connectivity index (χ1v) is 6.07. The number of hydrogen-bond acceptors (Lipinski definition) is 3. The second-order valence-corrected chi connectivity index (χ2v) is 4.68. The van der Waals surface area contributed by atoms with Gasteiger partial charge in [0.05, 0.1) is 22.0 Å². The predicted octanol–water partition coefficient (Wildman–Crippen LogP) is 3.07. The molecule has 2 aromatic rings. The monoisotopic (exact) mass is 275 g/mol. The number of carbonyl (C=O) groups excluding carboxylic acids is 1. The standard InChI is InChI=1S/C14H14ClN3O/c1-8-2-4-13(11(15)6-8)18-12-5-3-9(16)7-10(12)14(17)19/h2-7,18H,16H2,1H3,(H2,17,19). The summed E-state index contributed by atoms with van der Waals surface area (Å²) in [6, 6.07) is 10.5. The summed E-state index contributed by atoms with van der Waals surface area (Å²) < 4.78 is 0. The number of nitrogen functional groups attached to an aromatic ring is 1. The van der Waals surface area contributed by atoms with Crippen LogP contribution < -0.4 is 16.8 Å². The van der Waals surface area contributed by atoms with Crippen LogP contribution in [0.2, 0.25) is 5.02 Å². The van der Waals surface area contributed by atoms with Crippen LogP contribution in [0.1, 0.15) is 15.9 Å². The third-order valence-corrected chi connectivity index (χ3v) is 3.02. The SMILES string of the molecule is Cc1ccc(Nc2ccc(N)cc2C(N)=O)c(Cl)c1. The fourth-order valence-corrected chi connectivity index (χ4v) is 2.02. The van der Waals surface area contributed by atoms with Crippen molar-refractivity contribution in [3.8, 4) is 0 Å². The quantitative estimate of drug-likeness (QED) is 0.753. The Morgan fingerprint density at radius 2 is 1.84 bits per heavy atom. The van der Waals surface area contributed by atoms with E-state index in [-0.39, 0.29) is 0 Å². The summed E-state index contributed by atoms with van der Waals surface area (Å²) >= 11 is 6.14. The van der Waals surface area contributed by atoms with E-state index >= 15 is 0 Å². The minimum atomic E-state index is -0.543. The van der Waals surface area contributed by atoms with Crippen LogP contribution in [0.4, 0.5) is 17.1 Å². The van der Waals surface area contributed by atoms with E-state index in [2.05, 4.69) is 5.32 Å². The average Bonchev–Trinajstić information content (AvgIpc) is 2.34. The minimum Gasteiger partial charge on any atom is -0.399 e. The zero-order valence-electron chi connectivity index (χ0n) is 10.4. The molecule has 0 saturated carbocycles. The molecule has 5 heteroatoms. The molecule has 0 aliphatic heterocycles. The third-order valence-electron chi connectivity index (χ3n) is 2.70. The highest BCUT2D eigenvalue weighted by Gasteiger charge is 2.10.